The topological polar surface area (TPSA) is 240 Å². The molecule has 2 aliphatic rings. The van der Waals surface area contributed by atoms with E-state index in [0.717, 1.165) is 38.9 Å². The Hall–Kier alpha value is -8.63. The summed E-state index contributed by atoms with van der Waals surface area (Å²) in [6, 6.07) is 36.0. The third-order valence-electron chi connectivity index (χ3n) is 14.5. The lowest BCUT2D eigenvalue weighted by molar-refractivity contribution is -0.145. The largest absolute Gasteiger partial charge is 0.508 e. The first-order valence-electron chi connectivity index (χ1n) is 25.7. The van der Waals surface area contributed by atoms with Gasteiger partial charge in [0.1, 0.15) is 35.7 Å². The van der Waals surface area contributed by atoms with E-state index in [0.29, 0.717) is 23.0 Å². The number of aromatic amines is 1. The summed E-state index contributed by atoms with van der Waals surface area (Å²) in [7, 11) is 0. The predicted molar refractivity (Wildman–Crippen MR) is 287 cm³/mol. The second-order valence-electron chi connectivity index (χ2n) is 19.9. The molecule has 5 amide bonds. The molecule has 0 bridgehead atoms. The minimum absolute atomic E-state index is 0.00960. The lowest BCUT2D eigenvalue weighted by Gasteiger charge is -2.38. The van der Waals surface area contributed by atoms with E-state index in [1.54, 1.807) is 30.3 Å². The van der Waals surface area contributed by atoms with Crippen molar-refractivity contribution in [3.8, 4) is 11.5 Å². The van der Waals surface area contributed by atoms with Crippen molar-refractivity contribution in [3.63, 3.8) is 0 Å². The van der Waals surface area contributed by atoms with Gasteiger partial charge in [-0.25, -0.2) is 4.98 Å². The first kappa shape index (κ1) is 52.2. The van der Waals surface area contributed by atoms with Crippen LogP contribution in [0.25, 0.3) is 11.0 Å². The summed E-state index contributed by atoms with van der Waals surface area (Å²) >= 11 is 0. The van der Waals surface area contributed by atoms with Crippen molar-refractivity contribution in [2.24, 2.45) is 5.73 Å². The Morgan fingerprint density at radius 2 is 1.18 bits per heavy atom. The number of hydrogen-bond acceptors (Lipinski definition) is 10. The van der Waals surface area contributed by atoms with E-state index >= 15 is 4.79 Å². The monoisotopic (exact) mass is 1020 g/mol. The van der Waals surface area contributed by atoms with Gasteiger partial charge in [0.25, 0.3) is 0 Å². The zero-order valence-corrected chi connectivity index (χ0v) is 42.4. The number of nitrogens with two attached hydrogens (primary N) is 1. The van der Waals surface area contributed by atoms with Gasteiger partial charge in [0, 0.05) is 38.8 Å². The summed E-state index contributed by atoms with van der Waals surface area (Å²) in [4.78, 5) is 98.7. The van der Waals surface area contributed by atoms with Crippen molar-refractivity contribution in [3.05, 3.63) is 196 Å². The molecular weight excluding hydrogens is 961 g/mol. The molecule has 16 nitrogen and oxygen atoms in total. The molecule has 7 aromatic rings. The molecule has 1 fully saturated rings. The zero-order valence-electron chi connectivity index (χ0n) is 42.4. The molecule has 3 heterocycles. The van der Waals surface area contributed by atoms with Crippen molar-refractivity contribution in [1.29, 1.82) is 0 Å². The molecule has 1 saturated heterocycles. The Bertz CT molecular complexity index is 3200. The van der Waals surface area contributed by atoms with Crippen LogP contribution in [-0.4, -0.2) is 108 Å². The predicted octanol–water partition coefficient (Wildman–Crippen LogP) is 5.47. The second-order valence-corrected chi connectivity index (χ2v) is 19.9. The van der Waals surface area contributed by atoms with Gasteiger partial charge in [-0.15, -0.1) is 0 Å². The molecule has 0 aliphatic carbocycles. The van der Waals surface area contributed by atoms with Crippen LogP contribution in [0.3, 0.4) is 0 Å². The zero-order chi connectivity index (χ0) is 53.5. The SMILES string of the molecule is Cc1cc(O)cc(C)c1C[C@H](N)C(=O)N1Cc2ccccc2C[C@H]1C(=O)N[C@@H](Cc1ccc(O)cc1)C(=O)N1CCC[C@H]1C(=O)N[C@@H](Cc1ccccc1)C(=O)N[C@@H](Cc1ccccc1)C(=O)c1nc2ccccc2[nH]1. The number of aromatic hydroxyl groups is 2. The van der Waals surface area contributed by atoms with Crippen LogP contribution >= 0.6 is 0 Å². The Kier molecular flexibility index (Phi) is 16.0. The van der Waals surface area contributed by atoms with Crippen LogP contribution < -0.4 is 21.7 Å². The maximum Gasteiger partial charge on any atom is 0.246 e. The van der Waals surface area contributed by atoms with E-state index in [9.17, 15) is 34.2 Å². The van der Waals surface area contributed by atoms with E-state index in [-0.39, 0.29) is 68.9 Å². The fourth-order valence-corrected chi connectivity index (χ4v) is 10.5. The average Bonchev–Trinajstić information content (AvgIpc) is 4.10. The summed E-state index contributed by atoms with van der Waals surface area (Å²) < 4.78 is 0. The Morgan fingerprint density at radius 3 is 1.86 bits per heavy atom. The molecular formula is C60H62N8O8. The Labute approximate surface area is 440 Å². The van der Waals surface area contributed by atoms with Gasteiger partial charge in [0.2, 0.25) is 35.3 Å². The number of phenolic OH excluding ortho intramolecular Hbond substituents is 2. The number of aryl methyl sites for hydroxylation is 2. The van der Waals surface area contributed by atoms with Gasteiger partial charge in [-0.2, -0.15) is 0 Å². The van der Waals surface area contributed by atoms with Gasteiger partial charge in [0.05, 0.1) is 23.1 Å². The molecule has 0 saturated carbocycles. The summed E-state index contributed by atoms with van der Waals surface area (Å²) in [5.41, 5.74) is 14.2. The van der Waals surface area contributed by atoms with Crippen molar-refractivity contribution < 1.29 is 39.0 Å². The summed E-state index contributed by atoms with van der Waals surface area (Å²) in [6.45, 7) is 3.94. The lowest BCUT2D eigenvalue weighted by atomic mass is 9.91. The number of nitrogens with zero attached hydrogens (tertiary/aromatic N) is 3. The van der Waals surface area contributed by atoms with Gasteiger partial charge in [-0.05, 0) is 114 Å². The highest BCUT2D eigenvalue weighted by Crippen LogP contribution is 2.28. The van der Waals surface area contributed by atoms with E-state index < -0.39 is 71.6 Å². The van der Waals surface area contributed by atoms with E-state index in [2.05, 4.69) is 25.9 Å². The number of imidazole rings is 1. The molecule has 0 spiro atoms. The van der Waals surface area contributed by atoms with Crippen LogP contribution in [0.15, 0.2) is 146 Å². The van der Waals surface area contributed by atoms with Gasteiger partial charge in [-0.1, -0.05) is 109 Å². The quantitative estimate of drug-likeness (QED) is 0.0535. The maximum atomic E-state index is 15.1. The molecule has 2 aliphatic heterocycles. The molecule has 6 atom stereocenters. The molecule has 6 aromatic carbocycles. The standard InChI is InChI=1S/C60H62N8O8/c1-36-28-44(70)29-37(2)45(36)34-46(61)59(75)68-35-42-19-10-9-18-41(42)33-53(68)58(74)66-51(32-40-23-25-43(69)26-24-40)60(76)67-27-13-22-52(67)57(73)65-50(31-39-16-7-4-8-17-39)56(72)64-49(30-38-14-5-3-6-15-38)54(71)55-62-47-20-11-12-21-48(47)63-55/h3-12,14-21,23-26,28-29,46,49-53,69-70H,13,22,27,30-35,61H2,1-2H3,(H,62,63)(H,64,72)(H,65,73)(H,66,74)/t46-,49-,50-,51-,52-,53-/m0/s1. The average molecular weight is 1020 g/mol. The smallest absolute Gasteiger partial charge is 0.246 e. The highest BCUT2D eigenvalue weighted by molar-refractivity contribution is 6.02. The Balaban J connectivity index is 0.966. The lowest BCUT2D eigenvalue weighted by Crippen LogP contribution is -2.61. The molecule has 76 heavy (non-hydrogen) atoms. The summed E-state index contributed by atoms with van der Waals surface area (Å²) in [5.74, 6) is -3.06. The summed E-state index contributed by atoms with van der Waals surface area (Å²) in [5, 5.41) is 29.2. The number of ketones is 1. The first-order chi connectivity index (χ1) is 36.7. The molecule has 0 unspecified atom stereocenters. The van der Waals surface area contributed by atoms with Gasteiger partial charge in [0.15, 0.2) is 5.82 Å². The number of hydrogen-bond donors (Lipinski definition) is 7. The van der Waals surface area contributed by atoms with E-state index in [1.807, 2.05) is 117 Å². The molecule has 16 heteroatoms. The second kappa shape index (κ2) is 23.3. The number of likely N-dealkylation sites (tertiary alicyclic amines) is 1. The molecule has 390 valence electrons. The van der Waals surface area contributed by atoms with Crippen LogP contribution in [0.1, 0.15) is 68.0 Å². The number of aromatic nitrogens is 2. The first-order valence-corrected chi connectivity index (χ1v) is 25.7. The fourth-order valence-electron chi connectivity index (χ4n) is 10.5. The number of H-pyrrole nitrogens is 1. The number of nitrogens with one attached hydrogen (secondary N) is 4. The van der Waals surface area contributed by atoms with Gasteiger partial charge < -0.3 is 46.7 Å². The van der Waals surface area contributed by atoms with Crippen molar-refractivity contribution >= 4 is 46.4 Å². The van der Waals surface area contributed by atoms with Crippen molar-refractivity contribution in [2.45, 2.75) is 102 Å². The summed E-state index contributed by atoms with van der Waals surface area (Å²) in [6.07, 6.45) is 1.19. The number of para-hydroxylation sites is 2. The number of phenols is 2. The molecule has 9 rings (SSSR count). The van der Waals surface area contributed by atoms with Crippen LogP contribution in [0.5, 0.6) is 11.5 Å². The number of Topliss-reactive ketones (excluding diaryl/α,β-unsaturated/α-hetero) is 1. The van der Waals surface area contributed by atoms with Crippen LogP contribution in [-0.2, 0) is 62.6 Å². The van der Waals surface area contributed by atoms with Crippen molar-refractivity contribution in [2.75, 3.05) is 6.54 Å². The number of fused-ring (bicyclic) bond motifs is 2. The molecule has 0 radical (unpaired) electrons. The van der Waals surface area contributed by atoms with Crippen LogP contribution in [0.4, 0.5) is 0 Å². The number of amides is 5. The van der Waals surface area contributed by atoms with Crippen LogP contribution in [0, 0.1) is 13.8 Å². The molecule has 1 aromatic heterocycles. The van der Waals surface area contributed by atoms with E-state index in [1.165, 1.54) is 21.9 Å². The normalized spacial score (nSPS) is 16.7. The number of rotatable bonds is 18. The molecule has 8 N–H and O–H groups in total. The highest BCUT2D eigenvalue weighted by Gasteiger charge is 2.42. The highest BCUT2D eigenvalue weighted by atomic mass is 16.3. The number of carbonyl (C=O) groups is 6. The van der Waals surface area contributed by atoms with Gasteiger partial charge >= 0.3 is 0 Å². The minimum atomic E-state index is -1.23. The fraction of sp³-hybridized carbons (Fsp3) is 0.283. The minimum Gasteiger partial charge on any atom is -0.508 e. The maximum absolute atomic E-state index is 15.1. The number of carbonyl (C=O) groups excluding carboxylic acids is 6. The van der Waals surface area contributed by atoms with E-state index in [4.69, 9.17) is 5.73 Å². The third kappa shape index (κ3) is 12.1. The third-order valence-corrected chi connectivity index (χ3v) is 14.5. The van der Waals surface area contributed by atoms with Gasteiger partial charge in [-0.3, -0.25) is 28.8 Å². The van der Waals surface area contributed by atoms with Crippen LogP contribution in [0.2, 0.25) is 0 Å². The number of benzene rings is 6. The van der Waals surface area contributed by atoms with Crippen molar-refractivity contribution in [1.82, 2.24) is 35.7 Å². The Morgan fingerprint density at radius 1 is 0.618 bits per heavy atom.